The van der Waals surface area contributed by atoms with Gasteiger partial charge in [-0.05, 0) is 42.9 Å². The van der Waals surface area contributed by atoms with Gasteiger partial charge in [0, 0.05) is 28.7 Å². The Bertz CT molecular complexity index is 454. The van der Waals surface area contributed by atoms with Gasteiger partial charge in [-0.25, -0.2) is 0 Å². The van der Waals surface area contributed by atoms with Crippen LogP contribution in [0.5, 0.6) is 5.75 Å². The van der Waals surface area contributed by atoms with E-state index in [0.29, 0.717) is 12.1 Å². The Balaban J connectivity index is 1.53. The maximum absolute atomic E-state index is 6.00. The highest BCUT2D eigenvalue weighted by molar-refractivity contribution is 9.10. The second kappa shape index (κ2) is 6.06. The first-order valence-electron chi connectivity index (χ1n) is 6.97. The summed E-state index contributed by atoms with van der Waals surface area (Å²) in [6.45, 7) is 0.966. The van der Waals surface area contributed by atoms with Gasteiger partial charge in [0.15, 0.2) is 0 Å². The summed E-state index contributed by atoms with van der Waals surface area (Å²) in [4.78, 5) is 0. The van der Waals surface area contributed by atoms with Gasteiger partial charge in [-0.3, -0.25) is 0 Å². The molecule has 0 bridgehead atoms. The maximum Gasteiger partial charge on any atom is 0.123 e. The van der Waals surface area contributed by atoms with Crippen LogP contribution in [0.1, 0.15) is 24.8 Å². The van der Waals surface area contributed by atoms with Crippen LogP contribution in [-0.2, 0) is 6.42 Å². The summed E-state index contributed by atoms with van der Waals surface area (Å²) in [6, 6.07) is 6.97. The van der Waals surface area contributed by atoms with Gasteiger partial charge in [0.1, 0.15) is 11.9 Å². The van der Waals surface area contributed by atoms with Crippen molar-refractivity contribution in [3.8, 4) is 5.75 Å². The second-order valence-electron chi connectivity index (χ2n) is 5.42. The van der Waals surface area contributed by atoms with E-state index in [1.807, 2.05) is 11.8 Å². The van der Waals surface area contributed by atoms with Gasteiger partial charge in [0.25, 0.3) is 0 Å². The van der Waals surface area contributed by atoms with E-state index in [9.17, 15) is 0 Å². The highest BCUT2D eigenvalue weighted by Crippen LogP contribution is 2.32. The van der Waals surface area contributed by atoms with Crippen LogP contribution >= 0.6 is 27.7 Å². The van der Waals surface area contributed by atoms with Gasteiger partial charge < -0.3 is 10.1 Å². The molecule has 3 unspecified atom stereocenters. The summed E-state index contributed by atoms with van der Waals surface area (Å²) in [7, 11) is 0. The van der Waals surface area contributed by atoms with Crippen molar-refractivity contribution in [2.75, 3.05) is 12.8 Å². The zero-order valence-corrected chi connectivity index (χ0v) is 13.6. The van der Waals surface area contributed by atoms with E-state index in [1.54, 1.807) is 0 Å². The molecule has 1 N–H and O–H groups in total. The third-order valence-electron chi connectivity index (χ3n) is 4.13. The lowest BCUT2D eigenvalue weighted by Gasteiger charge is -2.21. The molecule has 1 aromatic carbocycles. The van der Waals surface area contributed by atoms with Crippen LogP contribution in [0.3, 0.4) is 0 Å². The molecular formula is C15H20BrNOS. The summed E-state index contributed by atoms with van der Waals surface area (Å²) < 4.78 is 7.14. The Hall–Kier alpha value is -0.190. The molecule has 19 heavy (non-hydrogen) atoms. The van der Waals surface area contributed by atoms with Crippen molar-refractivity contribution in [1.29, 1.82) is 0 Å². The SMILES string of the molecule is CSC1CCCC1NCC1Cc2cc(Br)ccc2O1. The van der Waals surface area contributed by atoms with E-state index < -0.39 is 0 Å². The van der Waals surface area contributed by atoms with E-state index in [1.165, 1.54) is 24.8 Å². The summed E-state index contributed by atoms with van der Waals surface area (Å²) >= 11 is 5.52. The van der Waals surface area contributed by atoms with Crippen LogP contribution in [0.2, 0.25) is 0 Å². The quantitative estimate of drug-likeness (QED) is 0.903. The molecule has 0 amide bonds. The van der Waals surface area contributed by atoms with Gasteiger partial charge >= 0.3 is 0 Å². The Morgan fingerprint density at radius 2 is 2.32 bits per heavy atom. The molecule has 1 fully saturated rings. The lowest BCUT2D eigenvalue weighted by molar-refractivity contribution is 0.222. The molecule has 0 spiro atoms. The average molecular weight is 342 g/mol. The van der Waals surface area contributed by atoms with E-state index in [4.69, 9.17) is 4.74 Å². The number of thioether (sulfide) groups is 1. The number of nitrogens with one attached hydrogen (secondary N) is 1. The molecule has 3 rings (SSSR count). The summed E-state index contributed by atoms with van der Waals surface area (Å²) in [5.41, 5.74) is 1.33. The largest absolute Gasteiger partial charge is 0.488 e. The van der Waals surface area contributed by atoms with Crippen molar-refractivity contribution < 1.29 is 4.74 Å². The molecule has 2 nitrogen and oxygen atoms in total. The number of fused-ring (bicyclic) bond motifs is 1. The predicted octanol–water partition coefficient (Wildman–Crippen LogP) is 3.63. The van der Waals surface area contributed by atoms with Crippen molar-refractivity contribution >= 4 is 27.7 Å². The lowest BCUT2D eigenvalue weighted by Crippen LogP contribution is -2.40. The molecule has 0 radical (unpaired) electrons. The summed E-state index contributed by atoms with van der Waals surface area (Å²) in [5, 5.41) is 4.51. The third-order valence-corrected chi connectivity index (χ3v) is 5.79. The van der Waals surface area contributed by atoms with Gasteiger partial charge in [-0.15, -0.1) is 0 Å². The number of hydrogen-bond acceptors (Lipinski definition) is 3. The smallest absolute Gasteiger partial charge is 0.123 e. The van der Waals surface area contributed by atoms with Crippen LogP contribution < -0.4 is 10.1 Å². The van der Waals surface area contributed by atoms with Crippen molar-refractivity contribution in [2.45, 2.75) is 43.1 Å². The second-order valence-corrected chi connectivity index (χ2v) is 7.41. The minimum atomic E-state index is 0.299. The first kappa shape index (κ1) is 13.8. The van der Waals surface area contributed by atoms with Crippen LogP contribution in [0.4, 0.5) is 0 Å². The monoisotopic (exact) mass is 341 g/mol. The predicted molar refractivity (Wildman–Crippen MR) is 85.2 cm³/mol. The molecular weight excluding hydrogens is 322 g/mol. The number of halogens is 1. The molecule has 3 atom stereocenters. The topological polar surface area (TPSA) is 21.3 Å². The minimum Gasteiger partial charge on any atom is -0.488 e. The number of benzene rings is 1. The minimum absolute atomic E-state index is 0.299. The van der Waals surface area contributed by atoms with E-state index in [0.717, 1.165) is 28.4 Å². The molecule has 2 aliphatic rings. The molecule has 1 heterocycles. The lowest BCUT2D eigenvalue weighted by atomic mass is 10.1. The molecule has 1 saturated carbocycles. The Morgan fingerprint density at radius 1 is 1.42 bits per heavy atom. The molecule has 1 aliphatic carbocycles. The Morgan fingerprint density at radius 3 is 3.16 bits per heavy atom. The fraction of sp³-hybridized carbons (Fsp3) is 0.600. The van der Waals surface area contributed by atoms with Crippen LogP contribution in [-0.4, -0.2) is 30.2 Å². The van der Waals surface area contributed by atoms with Gasteiger partial charge in [0.2, 0.25) is 0 Å². The Kier molecular flexibility index (Phi) is 4.40. The van der Waals surface area contributed by atoms with Gasteiger partial charge in [-0.2, -0.15) is 11.8 Å². The number of ether oxygens (including phenoxy) is 1. The molecule has 1 aliphatic heterocycles. The van der Waals surface area contributed by atoms with Gasteiger partial charge in [-0.1, -0.05) is 22.4 Å². The third kappa shape index (κ3) is 3.11. The van der Waals surface area contributed by atoms with Crippen molar-refractivity contribution in [3.63, 3.8) is 0 Å². The highest BCUT2D eigenvalue weighted by Gasteiger charge is 2.28. The first-order valence-corrected chi connectivity index (χ1v) is 9.05. The highest BCUT2D eigenvalue weighted by atomic mass is 79.9. The number of hydrogen-bond donors (Lipinski definition) is 1. The first-order chi connectivity index (χ1) is 9.26. The summed E-state index contributed by atoms with van der Waals surface area (Å²) in [6.07, 6.45) is 7.59. The standard InChI is InChI=1S/C15H20BrNOS/c1-19-15-4-2-3-13(15)17-9-12-8-10-7-11(16)5-6-14(10)18-12/h5-7,12-13,15,17H,2-4,8-9H2,1H3. The normalized spacial score (nSPS) is 29.3. The van der Waals surface area contributed by atoms with Crippen molar-refractivity contribution in [1.82, 2.24) is 5.32 Å². The fourth-order valence-corrected chi connectivity index (χ4v) is 4.50. The molecule has 4 heteroatoms. The van der Waals surface area contributed by atoms with E-state index in [-0.39, 0.29) is 0 Å². The fourth-order valence-electron chi connectivity index (χ4n) is 3.13. The van der Waals surface area contributed by atoms with Crippen molar-refractivity contribution in [2.24, 2.45) is 0 Å². The summed E-state index contributed by atoms with van der Waals surface area (Å²) in [5.74, 6) is 1.06. The van der Waals surface area contributed by atoms with Crippen LogP contribution in [0, 0.1) is 0 Å². The average Bonchev–Trinajstić information content (AvgIpc) is 3.01. The van der Waals surface area contributed by atoms with E-state index >= 15 is 0 Å². The Labute approximate surface area is 127 Å². The molecule has 104 valence electrons. The van der Waals surface area contributed by atoms with Crippen LogP contribution in [0.15, 0.2) is 22.7 Å². The van der Waals surface area contributed by atoms with Crippen molar-refractivity contribution in [3.05, 3.63) is 28.2 Å². The van der Waals surface area contributed by atoms with E-state index in [2.05, 4.69) is 45.7 Å². The zero-order chi connectivity index (χ0) is 13.2. The molecule has 0 saturated heterocycles. The zero-order valence-electron chi connectivity index (χ0n) is 11.2. The van der Waals surface area contributed by atoms with Gasteiger partial charge in [0.05, 0.1) is 0 Å². The molecule has 1 aromatic rings. The van der Waals surface area contributed by atoms with Crippen LogP contribution in [0.25, 0.3) is 0 Å². The molecule has 0 aromatic heterocycles. The maximum atomic E-state index is 6.00. The number of rotatable bonds is 4.